The molecule has 0 aliphatic carbocycles. The Morgan fingerprint density at radius 1 is 1.53 bits per heavy atom. The zero-order valence-electron chi connectivity index (χ0n) is 11.5. The summed E-state index contributed by atoms with van der Waals surface area (Å²) in [6.45, 7) is 5.08. The molecule has 1 atom stereocenters. The van der Waals surface area contributed by atoms with Crippen LogP contribution in [-0.2, 0) is 9.53 Å². The molecule has 2 heterocycles. The number of carbonyl (C=O) groups is 1. The van der Waals surface area contributed by atoms with Crippen LogP contribution in [0.25, 0.3) is 0 Å². The van der Waals surface area contributed by atoms with Gasteiger partial charge in [0.15, 0.2) is 0 Å². The van der Waals surface area contributed by atoms with Crippen LogP contribution >= 0.6 is 0 Å². The van der Waals surface area contributed by atoms with E-state index in [9.17, 15) is 4.79 Å². The van der Waals surface area contributed by atoms with Crippen LogP contribution in [0.2, 0.25) is 0 Å². The van der Waals surface area contributed by atoms with E-state index in [4.69, 9.17) is 4.74 Å². The van der Waals surface area contributed by atoms with Crippen LogP contribution in [0, 0.1) is 0 Å². The van der Waals surface area contributed by atoms with Crippen molar-refractivity contribution in [3.05, 3.63) is 24.3 Å². The highest BCUT2D eigenvalue weighted by Gasteiger charge is 2.21. The van der Waals surface area contributed by atoms with Gasteiger partial charge in [-0.3, -0.25) is 9.69 Å². The standard InChI is InChI=1S/C13H20N4O2/c1-11(12-3-4-14-10-15-12)16(2)9-13(18)17-5-7-19-8-6-17/h3-4,10-11H,5-9H2,1-2H3. The topological polar surface area (TPSA) is 58.6 Å². The summed E-state index contributed by atoms with van der Waals surface area (Å²) in [6, 6.07) is 1.97. The van der Waals surface area contributed by atoms with Crippen molar-refractivity contribution < 1.29 is 9.53 Å². The van der Waals surface area contributed by atoms with Crippen LogP contribution in [0.3, 0.4) is 0 Å². The molecule has 2 rings (SSSR count). The maximum absolute atomic E-state index is 12.1. The Hall–Kier alpha value is -1.53. The molecule has 0 radical (unpaired) electrons. The van der Waals surface area contributed by atoms with Gasteiger partial charge in [-0.1, -0.05) is 0 Å². The maximum atomic E-state index is 12.1. The second-order valence-corrected chi connectivity index (χ2v) is 4.72. The van der Waals surface area contributed by atoms with Gasteiger partial charge in [-0.2, -0.15) is 0 Å². The van der Waals surface area contributed by atoms with Crippen molar-refractivity contribution in [2.45, 2.75) is 13.0 Å². The summed E-state index contributed by atoms with van der Waals surface area (Å²) in [5.41, 5.74) is 0.923. The van der Waals surface area contributed by atoms with Crippen molar-refractivity contribution >= 4 is 5.91 Å². The molecule has 1 aliphatic rings. The summed E-state index contributed by atoms with van der Waals surface area (Å²) in [6.07, 6.45) is 3.25. The quantitative estimate of drug-likeness (QED) is 0.784. The van der Waals surface area contributed by atoms with E-state index in [1.165, 1.54) is 6.33 Å². The monoisotopic (exact) mass is 264 g/mol. The minimum Gasteiger partial charge on any atom is -0.378 e. The van der Waals surface area contributed by atoms with Crippen molar-refractivity contribution in [2.75, 3.05) is 39.9 Å². The van der Waals surface area contributed by atoms with Crippen molar-refractivity contribution in [2.24, 2.45) is 0 Å². The first-order valence-electron chi connectivity index (χ1n) is 6.50. The summed E-state index contributed by atoms with van der Waals surface area (Å²) in [5, 5.41) is 0. The fraction of sp³-hybridized carbons (Fsp3) is 0.615. The highest BCUT2D eigenvalue weighted by molar-refractivity contribution is 5.78. The normalized spacial score (nSPS) is 17.5. The van der Waals surface area contributed by atoms with Crippen molar-refractivity contribution in [3.63, 3.8) is 0 Å². The van der Waals surface area contributed by atoms with Gasteiger partial charge in [0.25, 0.3) is 0 Å². The zero-order chi connectivity index (χ0) is 13.7. The number of morpholine rings is 1. The van der Waals surface area contributed by atoms with Crippen molar-refractivity contribution in [1.29, 1.82) is 0 Å². The molecular formula is C13H20N4O2. The fourth-order valence-electron chi connectivity index (χ4n) is 2.04. The molecule has 1 saturated heterocycles. The first kappa shape index (κ1) is 13.9. The van der Waals surface area contributed by atoms with Gasteiger partial charge in [0.2, 0.25) is 5.91 Å². The summed E-state index contributed by atoms with van der Waals surface area (Å²) < 4.78 is 5.25. The number of aromatic nitrogens is 2. The Morgan fingerprint density at radius 2 is 2.26 bits per heavy atom. The van der Waals surface area contributed by atoms with Gasteiger partial charge in [0.1, 0.15) is 6.33 Å². The summed E-state index contributed by atoms with van der Waals surface area (Å²) in [7, 11) is 1.94. The lowest BCUT2D eigenvalue weighted by Gasteiger charge is -2.30. The van der Waals surface area contributed by atoms with E-state index in [0.717, 1.165) is 5.69 Å². The molecule has 0 saturated carbocycles. The molecule has 1 aliphatic heterocycles. The number of hydrogen-bond donors (Lipinski definition) is 0. The van der Waals surface area contributed by atoms with Crippen LogP contribution < -0.4 is 0 Å². The molecule has 19 heavy (non-hydrogen) atoms. The van der Waals surface area contributed by atoms with Gasteiger partial charge >= 0.3 is 0 Å². The van der Waals surface area contributed by atoms with E-state index in [-0.39, 0.29) is 11.9 Å². The smallest absolute Gasteiger partial charge is 0.236 e. The molecule has 6 heteroatoms. The molecule has 6 nitrogen and oxygen atoms in total. The van der Waals surface area contributed by atoms with Crippen LogP contribution in [-0.4, -0.2) is 65.6 Å². The number of hydrogen-bond acceptors (Lipinski definition) is 5. The molecule has 0 bridgehead atoms. The van der Waals surface area contributed by atoms with Crippen LogP contribution in [0.15, 0.2) is 18.6 Å². The molecule has 104 valence electrons. The predicted octanol–water partition coefficient (Wildman–Crippen LogP) is 0.328. The van der Waals surface area contributed by atoms with Crippen LogP contribution in [0.1, 0.15) is 18.7 Å². The molecular weight excluding hydrogens is 244 g/mol. The molecule has 1 fully saturated rings. The minimum absolute atomic E-state index is 0.0907. The highest BCUT2D eigenvalue weighted by Crippen LogP contribution is 2.15. The molecule has 0 N–H and O–H groups in total. The van der Waals surface area contributed by atoms with Gasteiger partial charge in [-0.05, 0) is 20.0 Å². The van der Waals surface area contributed by atoms with Gasteiger partial charge in [-0.25, -0.2) is 9.97 Å². The molecule has 0 aromatic carbocycles. The lowest BCUT2D eigenvalue weighted by atomic mass is 10.2. The molecule has 1 unspecified atom stereocenters. The van der Waals surface area contributed by atoms with Gasteiger partial charge in [0, 0.05) is 25.3 Å². The van der Waals surface area contributed by atoms with E-state index in [0.29, 0.717) is 32.8 Å². The van der Waals surface area contributed by atoms with Gasteiger partial charge in [-0.15, -0.1) is 0 Å². The van der Waals surface area contributed by atoms with E-state index >= 15 is 0 Å². The van der Waals surface area contributed by atoms with Crippen molar-refractivity contribution in [1.82, 2.24) is 19.8 Å². The summed E-state index contributed by atoms with van der Waals surface area (Å²) >= 11 is 0. The Morgan fingerprint density at radius 3 is 2.89 bits per heavy atom. The van der Waals surface area contributed by atoms with E-state index in [1.807, 2.05) is 29.8 Å². The van der Waals surface area contributed by atoms with E-state index in [2.05, 4.69) is 9.97 Å². The third-order valence-electron chi connectivity index (χ3n) is 3.44. The average Bonchev–Trinajstić information content (AvgIpc) is 2.48. The Bertz CT molecular complexity index is 406. The molecule has 1 aromatic rings. The van der Waals surface area contributed by atoms with E-state index < -0.39 is 0 Å². The van der Waals surface area contributed by atoms with Crippen LogP contribution in [0.5, 0.6) is 0 Å². The Kier molecular flexibility index (Phi) is 4.81. The van der Waals surface area contributed by atoms with Crippen molar-refractivity contribution in [3.8, 4) is 0 Å². The zero-order valence-corrected chi connectivity index (χ0v) is 11.5. The Balaban J connectivity index is 1.89. The average molecular weight is 264 g/mol. The largest absolute Gasteiger partial charge is 0.378 e. The number of nitrogens with zero attached hydrogens (tertiary/aromatic N) is 4. The maximum Gasteiger partial charge on any atom is 0.236 e. The Labute approximate surface area is 113 Å². The van der Waals surface area contributed by atoms with Crippen LogP contribution in [0.4, 0.5) is 0 Å². The first-order valence-corrected chi connectivity index (χ1v) is 6.50. The molecule has 1 aromatic heterocycles. The third-order valence-corrected chi connectivity index (χ3v) is 3.44. The second kappa shape index (κ2) is 6.58. The third kappa shape index (κ3) is 3.71. The predicted molar refractivity (Wildman–Crippen MR) is 70.5 cm³/mol. The summed E-state index contributed by atoms with van der Waals surface area (Å²) in [5.74, 6) is 0.145. The second-order valence-electron chi connectivity index (χ2n) is 4.72. The minimum atomic E-state index is 0.0907. The first-order chi connectivity index (χ1) is 9.18. The number of ether oxygens (including phenoxy) is 1. The molecule has 1 amide bonds. The lowest BCUT2D eigenvalue weighted by molar-refractivity contribution is -0.136. The van der Waals surface area contributed by atoms with E-state index in [1.54, 1.807) is 6.20 Å². The number of rotatable bonds is 4. The number of carbonyl (C=O) groups excluding carboxylic acids is 1. The molecule has 0 spiro atoms. The SMILES string of the molecule is CC(c1ccncn1)N(C)CC(=O)N1CCOCC1. The highest BCUT2D eigenvalue weighted by atomic mass is 16.5. The van der Waals surface area contributed by atoms with Gasteiger partial charge < -0.3 is 9.64 Å². The number of amides is 1. The fourth-order valence-corrected chi connectivity index (χ4v) is 2.04. The van der Waals surface area contributed by atoms with Gasteiger partial charge in [0.05, 0.1) is 25.5 Å². The number of likely N-dealkylation sites (N-methyl/N-ethyl adjacent to an activating group) is 1. The summed E-state index contributed by atoms with van der Waals surface area (Å²) in [4.78, 5) is 24.1. The lowest BCUT2D eigenvalue weighted by Crippen LogP contribution is -2.45.